The van der Waals surface area contributed by atoms with Crippen LogP contribution in [0.3, 0.4) is 0 Å². The van der Waals surface area contributed by atoms with Gasteiger partial charge in [-0.3, -0.25) is 9.59 Å². The molecule has 0 unspecified atom stereocenters. The highest BCUT2D eigenvalue weighted by molar-refractivity contribution is 5.92. The zero-order valence-electron chi connectivity index (χ0n) is 13.4. The number of hydrogen-bond acceptors (Lipinski definition) is 4. The standard InChI is InChI=1S/C16H17F3N4O2/c1-10-8-13(24)14(15(25)21-7-3-6-20)22-23(10)12-5-2-4-11(9-12)16(17,18)19/h2,4-5,8-9H,3,6-7,20H2,1H3,(H,21,25). The summed E-state index contributed by atoms with van der Waals surface area (Å²) in [5.41, 5.74) is 3.89. The van der Waals surface area contributed by atoms with E-state index in [1.165, 1.54) is 19.1 Å². The van der Waals surface area contributed by atoms with Crippen molar-refractivity contribution in [1.29, 1.82) is 0 Å². The Morgan fingerprint density at radius 3 is 2.68 bits per heavy atom. The van der Waals surface area contributed by atoms with Crippen LogP contribution in [0.5, 0.6) is 0 Å². The molecule has 6 nitrogen and oxygen atoms in total. The third kappa shape index (κ3) is 4.44. The summed E-state index contributed by atoms with van der Waals surface area (Å²) in [6.07, 6.45) is -3.98. The van der Waals surface area contributed by atoms with Gasteiger partial charge in [0.1, 0.15) is 0 Å². The van der Waals surface area contributed by atoms with Crippen molar-refractivity contribution in [2.75, 3.05) is 13.1 Å². The first-order chi connectivity index (χ1) is 11.7. The normalized spacial score (nSPS) is 11.4. The molecule has 0 fully saturated rings. The summed E-state index contributed by atoms with van der Waals surface area (Å²) in [5.74, 6) is -0.695. The molecule has 1 heterocycles. The summed E-state index contributed by atoms with van der Waals surface area (Å²) in [5, 5.41) is 6.44. The number of aromatic nitrogens is 2. The van der Waals surface area contributed by atoms with Crippen LogP contribution in [0, 0.1) is 6.92 Å². The van der Waals surface area contributed by atoms with Crippen LogP contribution in [0.2, 0.25) is 0 Å². The van der Waals surface area contributed by atoms with Gasteiger partial charge in [0.05, 0.1) is 11.3 Å². The molecule has 2 aromatic rings. The summed E-state index contributed by atoms with van der Waals surface area (Å²) >= 11 is 0. The molecule has 0 aliphatic carbocycles. The number of amides is 1. The summed E-state index contributed by atoms with van der Waals surface area (Å²) in [6.45, 7) is 2.16. The van der Waals surface area contributed by atoms with Gasteiger partial charge in [-0.25, -0.2) is 4.68 Å². The fourth-order valence-electron chi connectivity index (χ4n) is 2.17. The monoisotopic (exact) mass is 354 g/mol. The SMILES string of the molecule is Cc1cc(=O)c(C(=O)NCCCN)nn1-c1cccc(C(F)(F)F)c1. The average molecular weight is 354 g/mol. The lowest BCUT2D eigenvalue weighted by atomic mass is 10.2. The minimum Gasteiger partial charge on any atom is -0.350 e. The van der Waals surface area contributed by atoms with Gasteiger partial charge >= 0.3 is 6.18 Å². The van der Waals surface area contributed by atoms with E-state index in [0.29, 0.717) is 18.7 Å². The van der Waals surface area contributed by atoms with E-state index >= 15 is 0 Å². The highest BCUT2D eigenvalue weighted by atomic mass is 19.4. The van der Waals surface area contributed by atoms with Crippen molar-refractivity contribution in [2.24, 2.45) is 5.73 Å². The summed E-state index contributed by atoms with van der Waals surface area (Å²) in [6, 6.07) is 5.64. The summed E-state index contributed by atoms with van der Waals surface area (Å²) in [7, 11) is 0. The number of nitrogens with one attached hydrogen (secondary N) is 1. The first-order valence-corrected chi connectivity index (χ1v) is 7.51. The van der Waals surface area contributed by atoms with E-state index in [2.05, 4.69) is 10.4 Å². The Morgan fingerprint density at radius 2 is 2.04 bits per heavy atom. The Labute approximate surface area is 141 Å². The van der Waals surface area contributed by atoms with Crippen LogP contribution in [0.4, 0.5) is 13.2 Å². The van der Waals surface area contributed by atoms with Crippen molar-refractivity contribution < 1.29 is 18.0 Å². The fourth-order valence-corrected chi connectivity index (χ4v) is 2.17. The summed E-state index contributed by atoms with van der Waals surface area (Å²) < 4.78 is 39.8. The van der Waals surface area contributed by atoms with Crippen molar-refractivity contribution >= 4 is 5.91 Å². The number of alkyl halides is 3. The Hall–Kier alpha value is -2.68. The van der Waals surface area contributed by atoms with Gasteiger partial charge in [-0.2, -0.15) is 18.3 Å². The van der Waals surface area contributed by atoms with Gasteiger partial charge in [-0.05, 0) is 38.1 Å². The number of nitrogens with zero attached hydrogens (tertiary/aromatic N) is 2. The molecule has 0 atom stereocenters. The molecule has 9 heteroatoms. The lowest BCUT2D eigenvalue weighted by molar-refractivity contribution is -0.137. The first-order valence-electron chi connectivity index (χ1n) is 7.51. The van der Waals surface area contributed by atoms with Crippen LogP contribution >= 0.6 is 0 Å². The Bertz CT molecular complexity index is 831. The molecule has 3 N–H and O–H groups in total. The molecule has 0 saturated heterocycles. The second kappa shape index (κ2) is 7.47. The second-order valence-electron chi connectivity index (χ2n) is 5.36. The number of rotatable bonds is 5. The van der Waals surface area contributed by atoms with E-state index in [9.17, 15) is 22.8 Å². The molecule has 134 valence electrons. The maximum Gasteiger partial charge on any atom is 0.416 e. The predicted molar refractivity (Wildman–Crippen MR) is 85.6 cm³/mol. The van der Waals surface area contributed by atoms with Crippen molar-refractivity contribution in [3.63, 3.8) is 0 Å². The van der Waals surface area contributed by atoms with Crippen LogP contribution in [-0.2, 0) is 6.18 Å². The van der Waals surface area contributed by atoms with Crippen LogP contribution in [-0.4, -0.2) is 28.8 Å². The number of hydrogen-bond donors (Lipinski definition) is 2. The van der Waals surface area contributed by atoms with E-state index in [1.54, 1.807) is 0 Å². The number of benzene rings is 1. The van der Waals surface area contributed by atoms with Gasteiger partial charge in [0.25, 0.3) is 5.91 Å². The smallest absolute Gasteiger partial charge is 0.350 e. The number of aryl methyl sites for hydroxylation is 1. The van der Waals surface area contributed by atoms with Crippen molar-refractivity contribution in [3.05, 3.63) is 57.5 Å². The number of carbonyl (C=O) groups is 1. The number of nitrogens with two attached hydrogens (primary N) is 1. The fraction of sp³-hybridized carbons (Fsp3) is 0.312. The van der Waals surface area contributed by atoms with E-state index in [1.807, 2.05) is 0 Å². The average Bonchev–Trinajstić information content (AvgIpc) is 2.54. The largest absolute Gasteiger partial charge is 0.416 e. The minimum atomic E-state index is -4.51. The Morgan fingerprint density at radius 1 is 1.32 bits per heavy atom. The Kier molecular flexibility index (Phi) is 5.58. The number of halogens is 3. The van der Waals surface area contributed by atoms with Crippen molar-refractivity contribution in [1.82, 2.24) is 15.1 Å². The van der Waals surface area contributed by atoms with Crippen LogP contribution in [0.15, 0.2) is 35.1 Å². The van der Waals surface area contributed by atoms with Crippen LogP contribution in [0.1, 0.15) is 28.2 Å². The molecular formula is C16H17F3N4O2. The molecule has 0 aliphatic heterocycles. The van der Waals surface area contributed by atoms with Gasteiger partial charge in [0.2, 0.25) is 5.43 Å². The zero-order valence-corrected chi connectivity index (χ0v) is 13.4. The van der Waals surface area contributed by atoms with Crippen molar-refractivity contribution in [2.45, 2.75) is 19.5 Å². The molecule has 0 aliphatic rings. The number of carbonyl (C=O) groups excluding carboxylic acids is 1. The topological polar surface area (TPSA) is 90.0 Å². The third-order valence-corrected chi connectivity index (χ3v) is 3.41. The third-order valence-electron chi connectivity index (χ3n) is 3.41. The minimum absolute atomic E-state index is 0.100. The molecule has 0 radical (unpaired) electrons. The molecule has 1 aromatic heterocycles. The molecule has 0 spiro atoms. The first kappa shape index (κ1) is 18.7. The highest BCUT2D eigenvalue weighted by Crippen LogP contribution is 2.30. The molecule has 1 amide bonds. The lowest BCUT2D eigenvalue weighted by Crippen LogP contribution is -2.33. The van der Waals surface area contributed by atoms with Gasteiger partial charge in [0, 0.05) is 18.3 Å². The quantitative estimate of drug-likeness (QED) is 0.799. The van der Waals surface area contributed by atoms with E-state index in [0.717, 1.165) is 22.9 Å². The van der Waals surface area contributed by atoms with Gasteiger partial charge < -0.3 is 11.1 Å². The second-order valence-corrected chi connectivity index (χ2v) is 5.36. The molecular weight excluding hydrogens is 337 g/mol. The zero-order chi connectivity index (χ0) is 18.6. The Balaban J connectivity index is 2.44. The van der Waals surface area contributed by atoms with Gasteiger partial charge in [-0.15, -0.1) is 0 Å². The lowest BCUT2D eigenvalue weighted by Gasteiger charge is -2.13. The highest BCUT2D eigenvalue weighted by Gasteiger charge is 2.30. The van der Waals surface area contributed by atoms with Gasteiger partial charge in [0.15, 0.2) is 5.69 Å². The molecule has 25 heavy (non-hydrogen) atoms. The van der Waals surface area contributed by atoms with Gasteiger partial charge in [-0.1, -0.05) is 6.07 Å². The maximum atomic E-state index is 12.9. The molecule has 2 rings (SSSR count). The molecule has 1 aromatic carbocycles. The molecule has 0 bridgehead atoms. The van der Waals surface area contributed by atoms with Crippen molar-refractivity contribution in [3.8, 4) is 5.69 Å². The van der Waals surface area contributed by atoms with Crippen LogP contribution in [0.25, 0.3) is 5.69 Å². The van der Waals surface area contributed by atoms with E-state index in [-0.39, 0.29) is 17.9 Å². The van der Waals surface area contributed by atoms with E-state index < -0.39 is 23.1 Å². The van der Waals surface area contributed by atoms with E-state index in [4.69, 9.17) is 5.73 Å². The van der Waals surface area contributed by atoms with Crippen LogP contribution < -0.4 is 16.5 Å². The molecule has 0 saturated carbocycles. The predicted octanol–water partition coefficient (Wildman–Crippen LogP) is 1.64. The maximum absolute atomic E-state index is 12.9. The summed E-state index contributed by atoms with van der Waals surface area (Å²) in [4.78, 5) is 24.0.